The van der Waals surface area contributed by atoms with Gasteiger partial charge >= 0.3 is 0 Å². The molecule has 1 amide bonds. The Bertz CT molecular complexity index is 825. The van der Waals surface area contributed by atoms with Crippen LogP contribution in [0.3, 0.4) is 0 Å². The van der Waals surface area contributed by atoms with E-state index in [2.05, 4.69) is 22.1 Å². The molecule has 5 nitrogen and oxygen atoms in total. The molecule has 0 aliphatic carbocycles. The molecular weight excluding hydrogens is 321 g/mol. The molecule has 0 spiro atoms. The summed E-state index contributed by atoms with van der Waals surface area (Å²) in [6.07, 6.45) is 1.39. The van der Waals surface area contributed by atoms with Gasteiger partial charge in [0.1, 0.15) is 5.82 Å². The lowest BCUT2D eigenvalue weighted by atomic mass is 10.2. The molecule has 1 aromatic carbocycles. The second-order valence-electron chi connectivity index (χ2n) is 5.34. The number of hydrogen-bond acceptors (Lipinski definition) is 4. The number of aryl methyl sites for hydroxylation is 1. The van der Waals surface area contributed by atoms with Gasteiger partial charge in [-0.15, -0.1) is 11.8 Å². The SMILES string of the molecule is CC#CCCCOc1cccc(NC(=O)c2ccc(C)nc2N)c1F. The number of hydrogen-bond donors (Lipinski definition) is 2. The van der Waals surface area contributed by atoms with Gasteiger partial charge in [-0.1, -0.05) is 6.07 Å². The number of nitrogens with one attached hydrogen (secondary N) is 1. The van der Waals surface area contributed by atoms with E-state index in [1.165, 1.54) is 12.1 Å². The summed E-state index contributed by atoms with van der Waals surface area (Å²) in [6.45, 7) is 3.88. The highest BCUT2D eigenvalue weighted by Gasteiger charge is 2.15. The van der Waals surface area contributed by atoms with Crippen molar-refractivity contribution in [1.29, 1.82) is 0 Å². The lowest BCUT2D eigenvalue weighted by molar-refractivity contribution is 0.102. The van der Waals surface area contributed by atoms with Crippen LogP contribution in [-0.4, -0.2) is 17.5 Å². The van der Waals surface area contributed by atoms with Crippen LogP contribution in [0.1, 0.15) is 35.8 Å². The van der Waals surface area contributed by atoms with Crippen molar-refractivity contribution >= 4 is 17.4 Å². The molecule has 0 atom stereocenters. The largest absolute Gasteiger partial charge is 0.490 e. The normalized spacial score (nSPS) is 9.88. The Morgan fingerprint density at radius 1 is 1.36 bits per heavy atom. The smallest absolute Gasteiger partial charge is 0.259 e. The second kappa shape index (κ2) is 8.69. The number of halogens is 1. The van der Waals surface area contributed by atoms with Gasteiger partial charge in [-0.3, -0.25) is 4.79 Å². The molecule has 6 heteroatoms. The number of unbranched alkanes of at least 4 members (excludes halogenated alkanes) is 1. The van der Waals surface area contributed by atoms with Crippen LogP contribution in [0, 0.1) is 24.6 Å². The number of nitrogen functional groups attached to an aromatic ring is 1. The van der Waals surface area contributed by atoms with Gasteiger partial charge in [-0.25, -0.2) is 9.37 Å². The summed E-state index contributed by atoms with van der Waals surface area (Å²) in [5, 5.41) is 2.50. The number of aromatic nitrogens is 1. The zero-order chi connectivity index (χ0) is 18.2. The number of pyridine rings is 1. The Morgan fingerprint density at radius 2 is 2.16 bits per heavy atom. The van der Waals surface area contributed by atoms with E-state index in [4.69, 9.17) is 10.5 Å². The van der Waals surface area contributed by atoms with E-state index in [1.807, 2.05) is 0 Å². The van der Waals surface area contributed by atoms with E-state index < -0.39 is 11.7 Å². The summed E-state index contributed by atoms with van der Waals surface area (Å²) >= 11 is 0. The molecule has 2 aromatic rings. The molecule has 25 heavy (non-hydrogen) atoms. The Kier molecular flexibility index (Phi) is 6.35. The summed E-state index contributed by atoms with van der Waals surface area (Å²) in [7, 11) is 0. The number of anilines is 2. The average Bonchev–Trinajstić information content (AvgIpc) is 2.57. The summed E-state index contributed by atoms with van der Waals surface area (Å²) in [5.41, 5.74) is 6.66. The maximum atomic E-state index is 14.5. The standard InChI is InChI=1S/C19H20FN3O2/c1-3-4-5-6-12-25-16-9-7-8-15(17(16)20)23-19(24)14-11-10-13(2)22-18(14)21/h7-11H,5-6,12H2,1-2H3,(H2,21,22)(H,23,24). The van der Waals surface area contributed by atoms with E-state index in [0.29, 0.717) is 25.1 Å². The predicted molar refractivity (Wildman–Crippen MR) is 95.9 cm³/mol. The lowest BCUT2D eigenvalue weighted by Crippen LogP contribution is -2.16. The molecule has 0 saturated carbocycles. The van der Waals surface area contributed by atoms with Crippen LogP contribution in [0.4, 0.5) is 15.9 Å². The molecule has 1 heterocycles. The first-order valence-corrected chi connectivity index (χ1v) is 7.88. The van der Waals surface area contributed by atoms with Crippen LogP contribution < -0.4 is 15.8 Å². The third kappa shape index (κ3) is 4.95. The fraction of sp³-hybridized carbons (Fsp3) is 0.263. The molecule has 130 valence electrons. The van der Waals surface area contributed by atoms with Crippen LogP contribution in [0.5, 0.6) is 5.75 Å². The zero-order valence-corrected chi connectivity index (χ0v) is 14.2. The number of nitrogens with two attached hydrogens (primary N) is 1. The lowest BCUT2D eigenvalue weighted by Gasteiger charge is -2.11. The second-order valence-corrected chi connectivity index (χ2v) is 5.34. The first kappa shape index (κ1) is 18.3. The molecule has 0 bridgehead atoms. The molecule has 0 aliphatic rings. The van der Waals surface area contributed by atoms with Crippen LogP contribution in [-0.2, 0) is 0 Å². The molecule has 3 N–H and O–H groups in total. The fourth-order valence-corrected chi connectivity index (χ4v) is 2.14. The van der Waals surface area contributed by atoms with Crippen molar-refractivity contribution < 1.29 is 13.9 Å². The van der Waals surface area contributed by atoms with Crippen molar-refractivity contribution in [2.75, 3.05) is 17.7 Å². The maximum Gasteiger partial charge on any atom is 0.259 e. The number of carbonyl (C=O) groups is 1. The van der Waals surface area contributed by atoms with Gasteiger partial charge in [-0.05, 0) is 44.5 Å². The van der Waals surface area contributed by atoms with Crippen molar-refractivity contribution in [3.8, 4) is 17.6 Å². The first-order chi connectivity index (χ1) is 12.0. The van der Waals surface area contributed by atoms with E-state index >= 15 is 0 Å². The molecule has 0 unspecified atom stereocenters. The van der Waals surface area contributed by atoms with E-state index in [1.54, 1.807) is 32.0 Å². The molecule has 0 radical (unpaired) electrons. The summed E-state index contributed by atoms with van der Waals surface area (Å²) < 4.78 is 19.9. The number of nitrogens with zero attached hydrogens (tertiary/aromatic N) is 1. The molecule has 0 saturated heterocycles. The van der Waals surface area contributed by atoms with Gasteiger partial charge in [0.25, 0.3) is 5.91 Å². The summed E-state index contributed by atoms with van der Waals surface area (Å²) in [4.78, 5) is 16.3. The third-order valence-corrected chi connectivity index (χ3v) is 3.40. The van der Waals surface area contributed by atoms with Gasteiger partial charge in [0, 0.05) is 12.1 Å². The van der Waals surface area contributed by atoms with Crippen molar-refractivity contribution in [3.63, 3.8) is 0 Å². The van der Waals surface area contributed by atoms with Crippen molar-refractivity contribution in [2.24, 2.45) is 0 Å². The minimum absolute atomic E-state index is 0.0239. The van der Waals surface area contributed by atoms with E-state index in [9.17, 15) is 9.18 Å². The zero-order valence-electron chi connectivity index (χ0n) is 14.2. The van der Waals surface area contributed by atoms with Crippen LogP contribution in [0.25, 0.3) is 0 Å². The number of carbonyl (C=O) groups excluding carboxylic acids is 1. The Morgan fingerprint density at radius 3 is 2.88 bits per heavy atom. The quantitative estimate of drug-likeness (QED) is 0.622. The van der Waals surface area contributed by atoms with Gasteiger partial charge in [-0.2, -0.15) is 0 Å². The average molecular weight is 341 g/mol. The number of rotatable bonds is 6. The minimum atomic E-state index is -0.629. The van der Waals surface area contributed by atoms with Crippen molar-refractivity contribution in [3.05, 3.63) is 47.4 Å². The molecule has 0 aliphatic heterocycles. The van der Waals surface area contributed by atoms with Gasteiger partial charge in [0.05, 0.1) is 17.9 Å². The van der Waals surface area contributed by atoms with Crippen molar-refractivity contribution in [1.82, 2.24) is 4.98 Å². The number of amides is 1. The Hall–Kier alpha value is -3.07. The summed E-state index contributed by atoms with van der Waals surface area (Å²) in [6, 6.07) is 7.80. The summed E-state index contributed by atoms with van der Waals surface area (Å²) in [5.74, 6) is 4.73. The third-order valence-electron chi connectivity index (χ3n) is 3.40. The number of ether oxygens (including phenoxy) is 1. The molecule has 2 rings (SSSR count). The fourth-order valence-electron chi connectivity index (χ4n) is 2.14. The van der Waals surface area contributed by atoms with Crippen LogP contribution >= 0.6 is 0 Å². The van der Waals surface area contributed by atoms with Gasteiger partial charge in [0.15, 0.2) is 11.6 Å². The first-order valence-electron chi connectivity index (χ1n) is 7.88. The van der Waals surface area contributed by atoms with Crippen molar-refractivity contribution in [2.45, 2.75) is 26.7 Å². The topological polar surface area (TPSA) is 77.2 Å². The van der Waals surface area contributed by atoms with Crippen LogP contribution in [0.2, 0.25) is 0 Å². The van der Waals surface area contributed by atoms with E-state index in [0.717, 1.165) is 0 Å². The van der Waals surface area contributed by atoms with Gasteiger partial charge < -0.3 is 15.8 Å². The van der Waals surface area contributed by atoms with Gasteiger partial charge in [0.2, 0.25) is 0 Å². The molecular formula is C19H20FN3O2. The highest BCUT2D eigenvalue weighted by atomic mass is 19.1. The molecule has 1 aromatic heterocycles. The van der Waals surface area contributed by atoms with E-state index in [-0.39, 0.29) is 22.8 Å². The highest BCUT2D eigenvalue weighted by molar-refractivity contribution is 6.07. The monoisotopic (exact) mass is 341 g/mol. The molecule has 0 fully saturated rings. The van der Waals surface area contributed by atoms with Crippen LogP contribution in [0.15, 0.2) is 30.3 Å². The Labute approximate surface area is 146 Å². The predicted octanol–water partition coefficient (Wildman–Crippen LogP) is 3.55. The highest BCUT2D eigenvalue weighted by Crippen LogP contribution is 2.25. The number of benzene rings is 1. The minimum Gasteiger partial charge on any atom is -0.490 e. The Balaban J connectivity index is 2.07. The maximum absolute atomic E-state index is 14.5.